The molecule has 5 nitrogen and oxygen atoms in total. The maximum atomic E-state index is 9.29. The van der Waals surface area contributed by atoms with Crippen LogP contribution in [0.5, 0.6) is 0 Å². The highest BCUT2D eigenvalue weighted by atomic mass is 32.1. The van der Waals surface area contributed by atoms with E-state index >= 15 is 0 Å². The first-order chi connectivity index (χ1) is 20.7. The number of ether oxygens (including phenoxy) is 1. The predicted octanol–water partition coefficient (Wildman–Crippen LogP) is 9.22. The van der Waals surface area contributed by atoms with Crippen molar-refractivity contribution in [1.82, 2.24) is 0 Å². The lowest BCUT2D eigenvalue weighted by Gasteiger charge is -2.35. The molecule has 0 fully saturated rings. The molecule has 0 saturated carbocycles. The van der Waals surface area contributed by atoms with Crippen molar-refractivity contribution >= 4 is 40.1 Å². The van der Waals surface area contributed by atoms with Gasteiger partial charge >= 0.3 is 0 Å². The van der Waals surface area contributed by atoms with Crippen molar-refractivity contribution in [3.63, 3.8) is 0 Å². The van der Waals surface area contributed by atoms with Crippen molar-refractivity contribution in [1.29, 1.82) is 10.5 Å². The Morgan fingerprint density at radius 1 is 0.953 bits per heavy atom. The van der Waals surface area contributed by atoms with E-state index in [4.69, 9.17) is 9.73 Å². The molecule has 1 aromatic heterocycles. The normalized spacial score (nSPS) is 18.3. The Hall–Kier alpha value is -4.91. The lowest BCUT2D eigenvalue weighted by atomic mass is 9.84. The van der Waals surface area contributed by atoms with Crippen LogP contribution in [0.25, 0.3) is 11.6 Å². The lowest BCUT2D eigenvalue weighted by molar-refractivity contribution is 0.318. The summed E-state index contributed by atoms with van der Waals surface area (Å²) in [6.07, 6.45) is 10.5. The maximum Gasteiger partial charge on any atom is 0.137 e. The topological polar surface area (TPSA) is 72.4 Å². The second-order valence-corrected chi connectivity index (χ2v) is 12.7. The smallest absolute Gasteiger partial charge is 0.137 e. The van der Waals surface area contributed by atoms with Gasteiger partial charge in [0.2, 0.25) is 0 Å². The largest absolute Gasteiger partial charge is 0.462 e. The molecule has 2 aliphatic heterocycles. The summed E-state index contributed by atoms with van der Waals surface area (Å²) in [5.41, 5.74) is 8.80. The van der Waals surface area contributed by atoms with Crippen LogP contribution in [0.3, 0.4) is 0 Å². The van der Waals surface area contributed by atoms with Crippen LogP contribution in [-0.4, -0.2) is 11.9 Å². The van der Waals surface area contributed by atoms with Gasteiger partial charge in [-0.3, -0.25) is 4.99 Å². The van der Waals surface area contributed by atoms with Crippen LogP contribution in [-0.2, 0) is 10.2 Å². The average molecular weight is 581 g/mol. The molecule has 1 aliphatic carbocycles. The van der Waals surface area contributed by atoms with E-state index in [2.05, 4.69) is 93.3 Å². The molecule has 3 aromatic rings. The van der Waals surface area contributed by atoms with Crippen molar-refractivity contribution in [2.75, 3.05) is 4.90 Å². The van der Waals surface area contributed by atoms with Gasteiger partial charge in [-0.2, -0.15) is 10.5 Å². The van der Waals surface area contributed by atoms with Crippen molar-refractivity contribution in [2.45, 2.75) is 52.6 Å². The van der Waals surface area contributed by atoms with Crippen LogP contribution in [0.4, 0.5) is 11.4 Å². The molecule has 0 spiro atoms. The van der Waals surface area contributed by atoms with E-state index in [-0.39, 0.29) is 17.2 Å². The Morgan fingerprint density at radius 3 is 2.19 bits per heavy atom. The first kappa shape index (κ1) is 28.2. The molecular formula is C37H32N4OS. The summed E-state index contributed by atoms with van der Waals surface area (Å²) in [5.74, 6) is 1.24. The molecule has 1 atom stereocenters. The number of aryl methyl sites for hydroxylation is 2. The van der Waals surface area contributed by atoms with Crippen LogP contribution in [0.15, 0.2) is 107 Å². The second-order valence-electron chi connectivity index (χ2n) is 11.7. The number of thiophene rings is 1. The number of anilines is 2. The molecule has 1 unspecified atom stereocenters. The Labute approximate surface area is 257 Å². The van der Waals surface area contributed by atoms with Crippen LogP contribution in [0.2, 0.25) is 0 Å². The highest BCUT2D eigenvalue weighted by Crippen LogP contribution is 2.50. The molecule has 0 bridgehead atoms. The Kier molecular flexibility index (Phi) is 7.26. The molecule has 2 aromatic carbocycles. The molecule has 43 heavy (non-hydrogen) atoms. The van der Waals surface area contributed by atoms with E-state index in [0.717, 1.165) is 28.4 Å². The molecule has 0 amide bonds. The summed E-state index contributed by atoms with van der Waals surface area (Å²) in [4.78, 5) is 10.2. The molecule has 0 saturated heterocycles. The molecular weight excluding hydrogens is 549 g/mol. The number of fused-ring (bicyclic) bond motifs is 3. The van der Waals surface area contributed by atoms with Crippen molar-refractivity contribution in [2.24, 2.45) is 4.99 Å². The van der Waals surface area contributed by atoms with Gasteiger partial charge in [-0.25, -0.2) is 0 Å². The van der Waals surface area contributed by atoms with E-state index in [0.29, 0.717) is 17.1 Å². The maximum absolute atomic E-state index is 9.29. The average Bonchev–Trinajstić information content (AvgIpc) is 3.51. The van der Waals surface area contributed by atoms with Crippen molar-refractivity contribution in [3.8, 4) is 12.1 Å². The van der Waals surface area contributed by atoms with E-state index in [1.54, 1.807) is 23.5 Å². The quantitative estimate of drug-likeness (QED) is 0.282. The minimum atomic E-state index is -0.237. The predicted molar refractivity (Wildman–Crippen MR) is 176 cm³/mol. The SMILES string of the molecule is CC1=CC(=C(C#N)C#N)C=C(/C=C/c2cc3c(s2)C2=CCC(N(c4ccc(C)cc4)c4ccc(C)cc4)N=C2C3(C)C)O1. The lowest BCUT2D eigenvalue weighted by Crippen LogP contribution is -2.35. The summed E-state index contributed by atoms with van der Waals surface area (Å²) in [6, 6.07) is 23.6. The van der Waals surface area contributed by atoms with Gasteiger partial charge in [0.05, 0.1) is 5.71 Å². The minimum absolute atomic E-state index is 0.0440. The fourth-order valence-corrected chi connectivity index (χ4v) is 7.11. The molecule has 3 heterocycles. The molecule has 6 heteroatoms. The zero-order valence-corrected chi connectivity index (χ0v) is 25.8. The van der Waals surface area contributed by atoms with Crippen molar-refractivity contribution in [3.05, 3.63) is 128 Å². The monoisotopic (exact) mass is 580 g/mol. The van der Waals surface area contributed by atoms with Gasteiger partial charge in [-0.15, -0.1) is 11.3 Å². The van der Waals surface area contributed by atoms with E-state index in [1.165, 1.54) is 27.1 Å². The summed E-state index contributed by atoms with van der Waals surface area (Å²) < 4.78 is 5.85. The number of hydrogen-bond acceptors (Lipinski definition) is 6. The van der Waals surface area contributed by atoms with Crippen LogP contribution in [0, 0.1) is 36.5 Å². The number of rotatable bonds is 5. The number of nitriles is 2. The summed E-state index contributed by atoms with van der Waals surface area (Å²) >= 11 is 1.76. The molecule has 0 N–H and O–H groups in total. The molecule has 3 aliphatic rings. The summed E-state index contributed by atoms with van der Waals surface area (Å²) in [6.45, 7) is 10.6. The van der Waals surface area contributed by atoms with E-state index in [9.17, 15) is 10.5 Å². The number of aliphatic imine (C=N–C) groups is 1. The fraction of sp³-hybridized carbons (Fsp3) is 0.216. The van der Waals surface area contributed by atoms with Gasteiger partial charge in [0.1, 0.15) is 35.4 Å². The van der Waals surface area contributed by atoms with E-state index < -0.39 is 0 Å². The Morgan fingerprint density at radius 2 is 1.58 bits per heavy atom. The third kappa shape index (κ3) is 5.27. The zero-order valence-electron chi connectivity index (χ0n) is 25.0. The van der Waals surface area contributed by atoms with Gasteiger partial charge in [0, 0.05) is 44.1 Å². The molecule has 212 valence electrons. The first-order valence-corrected chi connectivity index (χ1v) is 15.2. The van der Waals surface area contributed by atoms with Crippen LogP contribution in [0.1, 0.15) is 53.6 Å². The zero-order chi connectivity index (χ0) is 30.3. The Balaban J connectivity index is 1.31. The van der Waals surface area contributed by atoms with Gasteiger partial charge in [0.15, 0.2) is 0 Å². The van der Waals surface area contributed by atoms with Gasteiger partial charge in [-0.05, 0) is 81.0 Å². The summed E-state index contributed by atoms with van der Waals surface area (Å²) in [7, 11) is 0. The first-order valence-electron chi connectivity index (χ1n) is 14.3. The van der Waals surface area contributed by atoms with Crippen LogP contribution >= 0.6 is 11.3 Å². The summed E-state index contributed by atoms with van der Waals surface area (Å²) in [5, 5.41) is 18.6. The second kappa shape index (κ2) is 11.1. The highest BCUT2D eigenvalue weighted by molar-refractivity contribution is 7.15. The number of dihydropyridines is 1. The number of hydrogen-bond donors (Lipinski definition) is 0. The molecule has 6 rings (SSSR count). The number of allylic oxidation sites excluding steroid dienone is 7. The minimum Gasteiger partial charge on any atom is -0.462 e. The number of nitrogens with zero attached hydrogens (tertiary/aromatic N) is 4. The van der Waals surface area contributed by atoms with Crippen LogP contribution < -0.4 is 4.90 Å². The van der Waals surface area contributed by atoms with Gasteiger partial charge in [-0.1, -0.05) is 55.3 Å². The molecule has 0 radical (unpaired) electrons. The Bertz CT molecular complexity index is 1820. The number of benzene rings is 2. The van der Waals surface area contributed by atoms with E-state index in [1.807, 2.05) is 31.2 Å². The van der Waals surface area contributed by atoms with Gasteiger partial charge < -0.3 is 9.64 Å². The van der Waals surface area contributed by atoms with Crippen molar-refractivity contribution < 1.29 is 4.74 Å². The standard InChI is InChI=1S/C37H32N4OS/c1-23-6-10-28(11-7-23)41(29-12-8-24(2)9-13-29)34-17-16-32-35-33(37(4,5)36(32)40-34)20-31(43-35)15-14-30-19-26(18-25(3)42-30)27(21-38)22-39/h6-16,18-20,34H,17H2,1-5H3/b15-14+. The third-order valence-electron chi connectivity index (χ3n) is 8.11. The third-order valence-corrected chi connectivity index (χ3v) is 9.24. The van der Waals surface area contributed by atoms with Gasteiger partial charge in [0.25, 0.3) is 0 Å². The highest BCUT2D eigenvalue weighted by Gasteiger charge is 2.43. The fourth-order valence-electron chi connectivity index (χ4n) is 5.84.